The lowest BCUT2D eigenvalue weighted by Crippen LogP contribution is -1.72. The van der Waals surface area contributed by atoms with Gasteiger partial charge in [0.05, 0.1) is 0 Å². The first-order chi connectivity index (χ1) is 2.89. The molecule has 0 saturated carbocycles. The Balaban J connectivity index is 2.45. The molecule has 0 unspecified atom stereocenters. The van der Waals surface area contributed by atoms with Crippen molar-refractivity contribution in [2.75, 3.05) is 0 Å². The van der Waals surface area contributed by atoms with Crippen molar-refractivity contribution in [2.24, 2.45) is 0 Å². The Morgan fingerprint density at radius 3 is 2.83 bits per heavy atom. The minimum absolute atomic E-state index is 1.32. The van der Waals surface area contributed by atoms with Crippen LogP contribution in [0.5, 0.6) is 0 Å². The molecule has 0 aromatic carbocycles. The molecule has 0 saturated heterocycles. The quantitative estimate of drug-likeness (QED) is 0.373. The summed E-state index contributed by atoms with van der Waals surface area (Å²) in [7, 11) is 1.32. The van der Waals surface area contributed by atoms with Gasteiger partial charge in [0.15, 0.2) is 0 Å². The van der Waals surface area contributed by atoms with Crippen molar-refractivity contribution in [1.29, 1.82) is 0 Å². The first kappa shape index (κ1) is 4.98. The highest BCUT2D eigenvalue weighted by molar-refractivity contribution is 8.58. The molecule has 1 aliphatic heterocycles. The lowest BCUT2D eigenvalue weighted by molar-refractivity contribution is 1.77. The van der Waals surface area contributed by atoms with Crippen LogP contribution in [0.4, 0.5) is 0 Å². The Morgan fingerprint density at radius 1 is 1.83 bits per heavy atom. The molecule has 0 spiro atoms. The summed E-state index contributed by atoms with van der Waals surface area (Å²) < 4.78 is 5.34. The maximum Gasteiger partial charge on any atom is 0.0347 e. The van der Waals surface area contributed by atoms with Gasteiger partial charge in [0.25, 0.3) is 0 Å². The van der Waals surface area contributed by atoms with Gasteiger partial charge in [-0.2, -0.15) is 0 Å². The van der Waals surface area contributed by atoms with Crippen molar-refractivity contribution < 1.29 is 0 Å². The fourth-order valence-electron chi connectivity index (χ4n) is 0.161. The predicted molar refractivity (Wildman–Crippen MR) is 34.9 cm³/mol. The highest BCUT2D eigenvalue weighted by Gasteiger charge is 1.99. The van der Waals surface area contributed by atoms with E-state index in [2.05, 4.69) is 11.1 Å². The lowest BCUT2D eigenvalue weighted by atomic mass is 11.0. The largest absolute Gasteiger partial charge is 0.0926 e. The van der Waals surface area contributed by atoms with E-state index < -0.39 is 0 Å². The van der Waals surface area contributed by atoms with E-state index in [9.17, 15) is 0 Å². The van der Waals surface area contributed by atoms with Gasteiger partial charge < -0.3 is 0 Å². The number of rotatable bonds is 0. The van der Waals surface area contributed by atoms with Crippen molar-refractivity contribution in [3.8, 4) is 0 Å². The van der Waals surface area contributed by atoms with Crippen LogP contribution in [-0.2, 0) is 0 Å². The fourth-order valence-corrected chi connectivity index (χ4v) is 2.95. The van der Waals surface area contributed by atoms with Gasteiger partial charge in [-0.25, -0.2) is 0 Å². The molecule has 1 radical (unpaired) electrons. The predicted octanol–water partition coefficient (Wildman–Crippen LogP) is 1.91. The van der Waals surface area contributed by atoms with Crippen LogP contribution in [0, 0.1) is 0 Å². The molecule has 0 bridgehead atoms. The van der Waals surface area contributed by atoms with Gasteiger partial charge in [0.2, 0.25) is 0 Å². The zero-order valence-electron chi connectivity index (χ0n) is 3.21. The second-order valence-electron chi connectivity index (χ2n) is 0.858. The average Bonchev–Trinajstić information content (AvgIpc) is 1.86. The molecular formula is C2H3NPS2. The molecule has 0 aromatic rings. The summed E-state index contributed by atoms with van der Waals surface area (Å²) in [6.45, 7) is 2.09. The van der Waals surface area contributed by atoms with Gasteiger partial charge in [-0.1, -0.05) is 4.13 Å². The SMILES string of the molecule is CC1=PS[N]S1. The third-order valence-electron chi connectivity index (χ3n) is 0.372. The molecule has 6 heavy (non-hydrogen) atoms. The van der Waals surface area contributed by atoms with Crippen molar-refractivity contribution in [3.63, 3.8) is 0 Å². The van der Waals surface area contributed by atoms with Crippen molar-refractivity contribution in [3.05, 3.63) is 0 Å². The Morgan fingerprint density at radius 2 is 2.67 bits per heavy atom. The topological polar surface area (TPSA) is 14.1 Å². The van der Waals surface area contributed by atoms with E-state index in [0.717, 1.165) is 0 Å². The summed E-state index contributed by atoms with van der Waals surface area (Å²) in [6.07, 6.45) is 0. The summed E-state index contributed by atoms with van der Waals surface area (Å²) in [6, 6.07) is 0. The van der Waals surface area contributed by atoms with Crippen LogP contribution in [0.15, 0.2) is 0 Å². The molecule has 1 nitrogen and oxygen atoms in total. The summed E-state index contributed by atoms with van der Waals surface area (Å²) in [5.41, 5.74) is 0. The maximum absolute atomic E-state index is 3.95. The van der Waals surface area contributed by atoms with E-state index in [-0.39, 0.29) is 0 Å². The molecular weight excluding hydrogens is 133 g/mol. The number of hydrogen-bond donors (Lipinski definition) is 0. The normalized spacial score (nSPS) is 23.8. The van der Waals surface area contributed by atoms with Gasteiger partial charge in [-0.15, -0.1) is 0 Å². The van der Waals surface area contributed by atoms with Gasteiger partial charge >= 0.3 is 0 Å². The highest BCUT2D eigenvalue weighted by Crippen LogP contribution is 2.33. The first-order valence-corrected chi connectivity index (χ1v) is 4.52. The van der Waals surface area contributed by atoms with Crippen LogP contribution < -0.4 is 4.13 Å². The van der Waals surface area contributed by atoms with E-state index in [1.807, 2.05) is 0 Å². The Labute approximate surface area is 47.1 Å². The molecule has 0 amide bonds. The second kappa shape index (κ2) is 2.22. The van der Waals surface area contributed by atoms with Crippen LogP contribution in [0.25, 0.3) is 0 Å². The standard InChI is InChI=1S/C2H3NPS2/c1-2-4-6-3-5-2/h1H3. The van der Waals surface area contributed by atoms with E-state index in [1.54, 1.807) is 23.5 Å². The molecule has 1 aliphatic rings. The zero-order valence-corrected chi connectivity index (χ0v) is 5.74. The summed E-state index contributed by atoms with van der Waals surface area (Å²) >= 11 is 3.19. The molecule has 0 aromatic heterocycles. The molecule has 0 atom stereocenters. The highest BCUT2D eigenvalue weighted by atomic mass is 32.7. The van der Waals surface area contributed by atoms with Crippen LogP contribution in [0.3, 0.4) is 0 Å². The third kappa shape index (κ3) is 1.16. The minimum Gasteiger partial charge on any atom is -0.0926 e. The Bertz CT molecular complexity index is 81.6. The summed E-state index contributed by atoms with van der Waals surface area (Å²) in [5.74, 6) is 0. The monoisotopic (exact) mass is 136 g/mol. The molecule has 33 valence electrons. The summed E-state index contributed by atoms with van der Waals surface area (Å²) in [5, 5.41) is 0. The van der Waals surface area contributed by atoms with Crippen LogP contribution in [0.1, 0.15) is 6.92 Å². The van der Waals surface area contributed by atoms with Crippen molar-refractivity contribution in [2.45, 2.75) is 6.92 Å². The van der Waals surface area contributed by atoms with E-state index in [1.165, 1.54) is 12.0 Å². The van der Waals surface area contributed by atoms with E-state index in [4.69, 9.17) is 0 Å². The van der Waals surface area contributed by atoms with Gasteiger partial charge in [0, 0.05) is 16.2 Å². The fraction of sp³-hybridized carbons (Fsp3) is 0.500. The second-order valence-corrected chi connectivity index (χ2v) is 4.61. The van der Waals surface area contributed by atoms with Gasteiger partial charge in [-0.3, -0.25) is 0 Å². The number of nitrogens with zero attached hydrogens (tertiary/aromatic N) is 1. The maximum atomic E-state index is 3.95. The van der Waals surface area contributed by atoms with Crippen LogP contribution in [-0.4, -0.2) is 4.63 Å². The lowest BCUT2D eigenvalue weighted by Gasteiger charge is -1.76. The first-order valence-electron chi connectivity index (χ1n) is 1.48. The molecule has 0 aliphatic carbocycles. The van der Waals surface area contributed by atoms with Crippen LogP contribution >= 0.6 is 30.9 Å². The third-order valence-corrected chi connectivity index (χ3v) is 4.07. The Hall–Kier alpha value is 0.830. The molecule has 1 heterocycles. The molecule has 0 fully saturated rings. The van der Waals surface area contributed by atoms with Crippen molar-refractivity contribution in [1.82, 2.24) is 4.13 Å². The smallest absolute Gasteiger partial charge is 0.0347 e. The van der Waals surface area contributed by atoms with Gasteiger partial charge in [0.1, 0.15) is 0 Å². The zero-order chi connectivity index (χ0) is 4.41. The number of hydrogen-bond acceptors (Lipinski definition) is 2. The molecule has 1 rings (SSSR count). The van der Waals surface area contributed by atoms with E-state index in [0.29, 0.717) is 0 Å². The van der Waals surface area contributed by atoms with Crippen molar-refractivity contribution >= 4 is 35.5 Å². The van der Waals surface area contributed by atoms with Gasteiger partial charge in [-0.05, 0) is 26.3 Å². The average molecular weight is 136 g/mol. The molecule has 0 N–H and O–H groups in total. The summed E-state index contributed by atoms with van der Waals surface area (Å²) in [4.78, 5) is 0. The van der Waals surface area contributed by atoms with Crippen LogP contribution in [0.2, 0.25) is 0 Å². The van der Waals surface area contributed by atoms with E-state index >= 15 is 0 Å². The minimum atomic E-state index is 1.32. The Kier molecular flexibility index (Phi) is 1.84. The molecule has 4 heteroatoms.